The Balaban J connectivity index is 1.18. The molecular formula is C39H24ClN5. The Morgan fingerprint density at radius 1 is 0.400 bits per heavy atom. The maximum atomic E-state index is 6.57. The minimum atomic E-state index is 0.150. The lowest BCUT2D eigenvalue weighted by atomic mass is 10.0. The number of benzene rings is 6. The van der Waals surface area contributed by atoms with Crippen LogP contribution < -0.4 is 0 Å². The van der Waals surface area contributed by atoms with E-state index in [1.165, 1.54) is 21.8 Å². The molecular weight excluding hydrogens is 574 g/mol. The molecule has 6 aromatic carbocycles. The first-order valence-corrected chi connectivity index (χ1v) is 15.2. The van der Waals surface area contributed by atoms with Crippen molar-refractivity contribution in [2.45, 2.75) is 0 Å². The van der Waals surface area contributed by atoms with Crippen LogP contribution in [-0.2, 0) is 0 Å². The third kappa shape index (κ3) is 4.13. The van der Waals surface area contributed by atoms with Crippen molar-refractivity contribution in [3.05, 3.63) is 151 Å². The maximum absolute atomic E-state index is 6.57. The van der Waals surface area contributed by atoms with E-state index < -0.39 is 0 Å². The molecule has 0 N–H and O–H groups in total. The molecule has 0 saturated carbocycles. The quantitative estimate of drug-likeness (QED) is 0.203. The molecule has 0 bridgehead atoms. The molecule has 0 aliphatic rings. The first-order chi connectivity index (χ1) is 22.2. The predicted octanol–water partition coefficient (Wildman–Crippen LogP) is 10.1. The summed E-state index contributed by atoms with van der Waals surface area (Å²) >= 11 is 6.57. The fourth-order valence-corrected chi connectivity index (χ4v) is 6.71. The zero-order chi connectivity index (χ0) is 29.9. The van der Waals surface area contributed by atoms with Gasteiger partial charge in [-0.05, 0) is 71.3 Å². The van der Waals surface area contributed by atoms with Crippen LogP contribution in [0.2, 0.25) is 5.28 Å². The number of rotatable bonds is 4. The first-order valence-electron chi connectivity index (χ1n) is 14.8. The standard InChI is InChI=1S/C39H24ClN5/c40-38-41-37(42-39(43-38)45-34-19-8-4-15-29(34)30-16-5-9-20-35(30)45)27-12-10-11-25(23-27)26-21-22-36-32(24-26)31-17-6-7-18-33(31)44(36)28-13-2-1-3-14-28/h1-24H. The SMILES string of the molecule is Clc1nc(-c2cccc(-c3ccc4c(c3)c3ccccc3n4-c3ccccc3)c2)nc(-n2c3ccccc3c3ccccc32)n1. The Kier molecular flexibility index (Phi) is 5.80. The molecule has 0 radical (unpaired) electrons. The van der Waals surface area contributed by atoms with Crippen LogP contribution in [-0.4, -0.2) is 24.1 Å². The van der Waals surface area contributed by atoms with Gasteiger partial charge in [-0.15, -0.1) is 0 Å². The van der Waals surface area contributed by atoms with Crippen LogP contribution in [0.5, 0.6) is 0 Å². The highest BCUT2D eigenvalue weighted by Gasteiger charge is 2.17. The molecule has 45 heavy (non-hydrogen) atoms. The fourth-order valence-electron chi connectivity index (χ4n) is 6.55. The minimum Gasteiger partial charge on any atom is -0.309 e. The second kappa shape index (κ2) is 10.2. The van der Waals surface area contributed by atoms with Crippen molar-refractivity contribution >= 4 is 55.2 Å². The van der Waals surface area contributed by atoms with Gasteiger partial charge in [-0.25, -0.2) is 0 Å². The number of aromatic nitrogens is 5. The van der Waals surface area contributed by atoms with Crippen LogP contribution in [0.3, 0.4) is 0 Å². The smallest absolute Gasteiger partial charge is 0.239 e. The van der Waals surface area contributed by atoms with Gasteiger partial charge in [0, 0.05) is 32.8 Å². The molecule has 0 atom stereocenters. The van der Waals surface area contributed by atoms with Gasteiger partial charge in [-0.1, -0.05) is 97.1 Å². The van der Waals surface area contributed by atoms with Gasteiger partial charge in [-0.3, -0.25) is 4.57 Å². The van der Waals surface area contributed by atoms with Gasteiger partial charge in [0.25, 0.3) is 0 Å². The Hall–Kier alpha value is -5.78. The Morgan fingerprint density at radius 3 is 1.67 bits per heavy atom. The summed E-state index contributed by atoms with van der Waals surface area (Å²) in [6.45, 7) is 0. The molecule has 3 aromatic heterocycles. The van der Waals surface area contributed by atoms with E-state index in [0.29, 0.717) is 11.8 Å². The molecule has 212 valence electrons. The Morgan fingerprint density at radius 2 is 0.956 bits per heavy atom. The fraction of sp³-hybridized carbons (Fsp3) is 0. The Bertz CT molecular complexity index is 2510. The third-order valence-electron chi connectivity index (χ3n) is 8.52. The number of para-hydroxylation sites is 4. The van der Waals surface area contributed by atoms with Gasteiger partial charge in [0.2, 0.25) is 11.2 Å². The number of nitrogens with zero attached hydrogens (tertiary/aromatic N) is 5. The van der Waals surface area contributed by atoms with E-state index in [0.717, 1.165) is 44.2 Å². The van der Waals surface area contributed by atoms with Gasteiger partial charge in [-0.2, -0.15) is 15.0 Å². The van der Waals surface area contributed by atoms with Crippen molar-refractivity contribution in [2.75, 3.05) is 0 Å². The number of hydrogen-bond acceptors (Lipinski definition) is 3. The van der Waals surface area contributed by atoms with Crippen LogP contribution in [0.4, 0.5) is 0 Å². The first kappa shape index (κ1) is 25.7. The average molecular weight is 598 g/mol. The van der Waals surface area contributed by atoms with Crippen molar-refractivity contribution in [3.63, 3.8) is 0 Å². The van der Waals surface area contributed by atoms with Crippen LogP contribution in [0, 0.1) is 0 Å². The predicted molar refractivity (Wildman–Crippen MR) is 184 cm³/mol. The molecule has 9 aromatic rings. The van der Waals surface area contributed by atoms with Gasteiger partial charge in [0.15, 0.2) is 5.82 Å². The number of hydrogen-bond donors (Lipinski definition) is 0. The van der Waals surface area contributed by atoms with E-state index in [1.807, 2.05) is 42.5 Å². The van der Waals surface area contributed by atoms with Crippen molar-refractivity contribution in [1.82, 2.24) is 24.1 Å². The molecule has 0 aliphatic heterocycles. The summed E-state index contributed by atoms with van der Waals surface area (Å²) in [6, 6.07) is 50.6. The van der Waals surface area contributed by atoms with Crippen molar-refractivity contribution in [3.8, 4) is 34.2 Å². The van der Waals surface area contributed by atoms with Crippen molar-refractivity contribution in [2.24, 2.45) is 0 Å². The zero-order valence-corrected chi connectivity index (χ0v) is 24.7. The van der Waals surface area contributed by atoms with E-state index in [2.05, 4.69) is 122 Å². The van der Waals surface area contributed by atoms with E-state index in [1.54, 1.807) is 0 Å². The zero-order valence-electron chi connectivity index (χ0n) is 24.0. The Labute approximate surface area is 263 Å². The van der Waals surface area contributed by atoms with Crippen LogP contribution >= 0.6 is 11.6 Å². The van der Waals surface area contributed by atoms with Crippen molar-refractivity contribution in [1.29, 1.82) is 0 Å². The lowest BCUT2D eigenvalue weighted by molar-refractivity contribution is 0.947. The molecule has 0 unspecified atom stereocenters. The third-order valence-corrected chi connectivity index (χ3v) is 8.69. The molecule has 6 heteroatoms. The number of fused-ring (bicyclic) bond motifs is 6. The van der Waals surface area contributed by atoms with E-state index >= 15 is 0 Å². The summed E-state index contributed by atoms with van der Waals surface area (Å²) in [7, 11) is 0. The molecule has 0 spiro atoms. The van der Waals surface area contributed by atoms with Crippen LogP contribution in [0.15, 0.2) is 146 Å². The van der Waals surface area contributed by atoms with E-state index in [-0.39, 0.29) is 5.28 Å². The largest absolute Gasteiger partial charge is 0.309 e. The highest BCUT2D eigenvalue weighted by Crippen LogP contribution is 2.36. The lowest BCUT2D eigenvalue weighted by Gasteiger charge is -2.10. The molecule has 0 fully saturated rings. The number of halogens is 1. The van der Waals surface area contributed by atoms with Gasteiger partial charge < -0.3 is 4.57 Å². The molecule has 0 aliphatic carbocycles. The summed E-state index contributed by atoms with van der Waals surface area (Å²) in [6.07, 6.45) is 0. The topological polar surface area (TPSA) is 48.5 Å². The van der Waals surface area contributed by atoms with Gasteiger partial charge >= 0.3 is 0 Å². The van der Waals surface area contributed by atoms with E-state index in [9.17, 15) is 0 Å². The highest BCUT2D eigenvalue weighted by atomic mass is 35.5. The normalized spacial score (nSPS) is 11.7. The molecule has 0 amide bonds. The summed E-state index contributed by atoms with van der Waals surface area (Å²) in [4.78, 5) is 14.1. The molecule has 5 nitrogen and oxygen atoms in total. The highest BCUT2D eigenvalue weighted by molar-refractivity contribution is 6.28. The molecule has 0 saturated heterocycles. The van der Waals surface area contributed by atoms with Gasteiger partial charge in [0.05, 0.1) is 22.1 Å². The van der Waals surface area contributed by atoms with Crippen LogP contribution in [0.25, 0.3) is 77.8 Å². The van der Waals surface area contributed by atoms with Crippen molar-refractivity contribution < 1.29 is 0 Å². The van der Waals surface area contributed by atoms with Crippen LogP contribution in [0.1, 0.15) is 0 Å². The van der Waals surface area contributed by atoms with Gasteiger partial charge in [0.1, 0.15) is 0 Å². The van der Waals surface area contributed by atoms with E-state index in [4.69, 9.17) is 16.6 Å². The summed E-state index contributed by atoms with van der Waals surface area (Å²) < 4.78 is 4.38. The molecule has 9 rings (SSSR count). The summed E-state index contributed by atoms with van der Waals surface area (Å²) in [5.74, 6) is 1.01. The lowest BCUT2D eigenvalue weighted by Crippen LogP contribution is -2.04. The molecule has 3 heterocycles. The summed E-state index contributed by atoms with van der Waals surface area (Å²) in [5.41, 5.74) is 8.58. The summed E-state index contributed by atoms with van der Waals surface area (Å²) in [5, 5.41) is 4.84. The second-order valence-corrected chi connectivity index (χ2v) is 11.4. The monoisotopic (exact) mass is 597 g/mol. The maximum Gasteiger partial charge on any atom is 0.239 e. The second-order valence-electron chi connectivity index (χ2n) is 11.1. The average Bonchev–Trinajstić information content (AvgIpc) is 3.61. The minimum absolute atomic E-state index is 0.150.